The van der Waals surface area contributed by atoms with Crippen molar-refractivity contribution in [2.75, 3.05) is 37.7 Å². The lowest BCUT2D eigenvalue weighted by molar-refractivity contribution is -0.154. The monoisotopic (exact) mass is 398 g/mol. The van der Waals surface area contributed by atoms with Crippen LogP contribution in [0, 0.1) is 5.82 Å². The van der Waals surface area contributed by atoms with E-state index in [4.69, 9.17) is 4.74 Å². The molecule has 0 unspecified atom stereocenters. The molecule has 1 saturated heterocycles. The fourth-order valence-corrected chi connectivity index (χ4v) is 2.94. The minimum absolute atomic E-state index is 0.0871. The first kappa shape index (κ1) is 19.7. The molecule has 1 aliphatic heterocycles. The number of oxime groups is 1. The van der Waals surface area contributed by atoms with E-state index in [0.29, 0.717) is 26.2 Å². The van der Waals surface area contributed by atoms with Gasteiger partial charge in [-0.2, -0.15) is 13.2 Å². The lowest BCUT2D eigenvalue weighted by Crippen LogP contribution is -2.49. The Morgan fingerprint density at radius 1 is 1.11 bits per heavy atom. The molecule has 0 radical (unpaired) electrons. The van der Waals surface area contributed by atoms with Crippen LogP contribution < -0.4 is 9.64 Å². The van der Waals surface area contributed by atoms with Crippen LogP contribution in [0.25, 0.3) is 0 Å². The summed E-state index contributed by atoms with van der Waals surface area (Å²) in [5, 5.41) is 12.8. The van der Waals surface area contributed by atoms with E-state index in [1.807, 2.05) is 4.90 Å². The van der Waals surface area contributed by atoms with Crippen molar-refractivity contribution in [3.8, 4) is 5.88 Å². The van der Waals surface area contributed by atoms with E-state index >= 15 is 0 Å². The average Bonchev–Trinajstić information content (AvgIpc) is 2.68. The van der Waals surface area contributed by atoms with Crippen molar-refractivity contribution in [2.45, 2.75) is 6.18 Å². The van der Waals surface area contributed by atoms with Gasteiger partial charge in [-0.25, -0.2) is 9.37 Å². The zero-order valence-electron chi connectivity index (χ0n) is 14.7. The number of aromatic nitrogens is 1. The second-order valence-electron chi connectivity index (χ2n) is 6.13. The summed E-state index contributed by atoms with van der Waals surface area (Å²) in [6, 6.07) is 9.12. The molecule has 3 rings (SSSR count). The van der Waals surface area contributed by atoms with Crippen LogP contribution in [0.3, 0.4) is 0 Å². The molecule has 10 heteroatoms. The van der Waals surface area contributed by atoms with E-state index in [0.717, 1.165) is 5.69 Å². The third-order valence-corrected chi connectivity index (χ3v) is 4.25. The first-order valence-corrected chi connectivity index (χ1v) is 8.50. The molecule has 0 saturated carbocycles. The van der Waals surface area contributed by atoms with Crippen LogP contribution in [0.15, 0.2) is 47.8 Å². The summed E-state index contributed by atoms with van der Waals surface area (Å²) in [6.07, 6.45) is -3.21. The number of hydrogen-bond donors (Lipinski definition) is 1. The summed E-state index contributed by atoms with van der Waals surface area (Å²) in [5.41, 5.74) is 1.03. The second kappa shape index (κ2) is 8.32. The highest BCUT2D eigenvalue weighted by Gasteiger charge is 2.30. The number of ether oxygens (including phenoxy) is 1. The summed E-state index contributed by atoms with van der Waals surface area (Å²) in [5.74, 6) is -0.488. The molecule has 1 N–H and O–H groups in total. The highest BCUT2D eigenvalue weighted by molar-refractivity contribution is 6.00. The van der Waals surface area contributed by atoms with Gasteiger partial charge >= 0.3 is 6.18 Å². The van der Waals surface area contributed by atoms with E-state index in [2.05, 4.69) is 10.1 Å². The first-order chi connectivity index (χ1) is 13.4. The molecule has 2 heterocycles. The first-order valence-electron chi connectivity index (χ1n) is 8.50. The van der Waals surface area contributed by atoms with E-state index < -0.39 is 12.8 Å². The lowest BCUT2D eigenvalue weighted by Gasteiger charge is -2.37. The third kappa shape index (κ3) is 4.81. The minimum Gasteiger partial charge on any atom is -0.467 e. The van der Waals surface area contributed by atoms with Crippen LogP contribution >= 0.6 is 0 Å². The predicted molar refractivity (Wildman–Crippen MR) is 94.3 cm³/mol. The number of hydrogen-bond acceptors (Lipinski definition) is 5. The quantitative estimate of drug-likeness (QED) is 0.282. The van der Waals surface area contributed by atoms with Crippen molar-refractivity contribution in [1.29, 1.82) is 0 Å². The number of alkyl halides is 3. The fraction of sp³-hybridized carbons (Fsp3) is 0.333. The van der Waals surface area contributed by atoms with Gasteiger partial charge in [-0.1, -0.05) is 5.16 Å². The number of benzene rings is 1. The Morgan fingerprint density at radius 3 is 2.39 bits per heavy atom. The second-order valence-corrected chi connectivity index (χ2v) is 6.13. The molecule has 28 heavy (non-hydrogen) atoms. The van der Waals surface area contributed by atoms with Crippen molar-refractivity contribution in [1.82, 2.24) is 9.88 Å². The zero-order chi connectivity index (χ0) is 20.1. The highest BCUT2D eigenvalue weighted by Crippen LogP contribution is 2.23. The van der Waals surface area contributed by atoms with Gasteiger partial charge in [-0.3, -0.25) is 0 Å². The molecule has 1 aliphatic rings. The smallest absolute Gasteiger partial charge is 0.422 e. The molecule has 1 fully saturated rings. The van der Waals surface area contributed by atoms with E-state index in [1.165, 1.54) is 30.5 Å². The molecule has 0 amide bonds. The molecule has 6 nitrogen and oxygen atoms in total. The van der Waals surface area contributed by atoms with Gasteiger partial charge in [0, 0.05) is 38.1 Å². The van der Waals surface area contributed by atoms with Crippen LogP contribution in [0.2, 0.25) is 0 Å². The average molecular weight is 398 g/mol. The van der Waals surface area contributed by atoms with Gasteiger partial charge < -0.3 is 19.7 Å². The Bertz CT molecular complexity index is 819. The number of amidine groups is 1. The standard InChI is InChI=1S/C18H18F4N4O2/c19-13-3-5-14(6-4-13)25-8-10-26(11-9-25)16(24-27)15-2-1-7-23-17(15)28-12-18(20,21)22/h1-7,27H,8-12H2/b24-16-. The summed E-state index contributed by atoms with van der Waals surface area (Å²) >= 11 is 0. The van der Waals surface area contributed by atoms with Crippen LogP contribution in [0.5, 0.6) is 5.88 Å². The number of halogens is 4. The Labute approximate surface area is 158 Å². The zero-order valence-corrected chi connectivity index (χ0v) is 14.7. The van der Waals surface area contributed by atoms with Gasteiger partial charge in [0.05, 0.1) is 5.56 Å². The fourth-order valence-electron chi connectivity index (χ4n) is 2.94. The van der Waals surface area contributed by atoms with Crippen LogP contribution in [-0.2, 0) is 0 Å². The van der Waals surface area contributed by atoms with Crippen LogP contribution in [-0.4, -0.2) is 59.9 Å². The van der Waals surface area contributed by atoms with Gasteiger partial charge in [-0.15, -0.1) is 0 Å². The van der Waals surface area contributed by atoms with Crippen molar-refractivity contribution < 1.29 is 27.5 Å². The van der Waals surface area contributed by atoms with Crippen molar-refractivity contribution in [2.24, 2.45) is 5.16 Å². The topological polar surface area (TPSA) is 61.2 Å². The Kier molecular flexibility index (Phi) is 5.86. The minimum atomic E-state index is -4.51. The van der Waals surface area contributed by atoms with Gasteiger partial charge in [0.1, 0.15) is 5.82 Å². The Morgan fingerprint density at radius 2 is 1.79 bits per heavy atom. The van der Waals surface area contributed by atoms with Gasteiger partial charge in [-0.05, 0) is 36.4 Å². The van der Waals surface area contributed by atoms with Gasteiger partial charge in [0.25, 0.3) is 0 Å². The Hall–Kier alpha value is -3.04. The number of rotatable bonds is 4. The number of piperazine rings is 1. The maximum absolute atomic E-state index is 13.1. The SMILES string of the molecule is O/N=C(/c1cccnc1OCC(F)(F)F)N1CCN(c2ccc(F)cc2)CC1. The van der Waals surface area contributed by atoms with Crippen molar-refractivity contribution >= 4 is 11.5 Å². The van der Waals surface area contributed by atoms with Crippen molar-refractivity contribution in [3.63, 3.8) is 0 Å². The molecule has 0 atom stereocenters. The molecule has 0 aliphatic carbocycles. The number of anilines is 1. The number of pyridine rings is 1. The summed E-state index contributed by atoms with van der Waals surface area (Å²) in [4.78, 5) is 7.60. The maximum Gasteiger partial charge on any atom is 0.422 e. The van der Waals surface area contributed by atoms with Crippen LogP contribution in [0.1, 0.15) is 5.56 Å². The Balaban J connectivity index is 1.71. The van der Waals surface area contributed by atoms with E-state index in [-0.39, 0.29) is 23.1 Å². The largest absolute Gasteiger partial charge is 0.467 e. The van der Waals surface area contributed by atoms with E-state index in [1.54, 1.807) is 17.0 Å². The molecule has 0 spiro atoms. The lowest BCUT2D eigenvalue weighted by atomic mass is 10.2. The molecule has 150 valence electrons. The molecule has 0 bridgehead atoms. The van der Waals surface area contributed by atoms with Gasteiger partial charge in [0.15, 0.2) is 12.4 Å². The molecular weight excluding hydrogens is 380 g/mol. The third-order valence-electron chi connectivity index (χ3n) is 4.25. The molecule has 1 aromatic carbocycles. The molecular formula is C18H18F4N4O2. The molecule has 1 aromatic heterocycles. The number of nitrogens with zero attached hydrogens (tertiary/aromatic N) is 4. The van der Waals surface area contributed by atoms with Crippen LogP contribution in [0.4, 0.5) is 23.2 Å². The summed E-state index contributed by atoms with van der Waals surface area (Å²) in [6.45, 7) is 0.524. The van der Waals surface area contributed by atoms with Gasteiger partial charge in [0.2, 0.25) is 5.88 Å². The highest BCUT2D eigenvalue weighted by atomic mass is 19.4. The van der Waals surface area contributed by atoms with Crippen molar-refractivity contribution in [3.05, 3.63) is 54.0 Å². The normalized spacial score (nSPS) is 15.6. The maximum atomic E-state index is 13.1. The summed E-state index contributed by atoms with van der Waals surface area (Å²) < 4.78 is 55.3. The summed E-state index contributed by atoms with van der Waals surface area (Å²) in [7, 11) is 0. The van der Waals surface area contributed by atoms with E-state index in [9.17, 15) is 22.8 Å². The predicted octanol–water partition coefficient (Wildman–Crippen LogP) is 3.12. The molecule has 2 aromatic rings.